The summed E-state index contributed by atoms with van der Waals surface area (Å²) in [5.41, 5.74) is -0.720. The van der Waals surface area contributed by atoms with Gasteiger partial charge in [-0.05, 0) is 0 Å². The molecule has 144 valence electrons. The monoisotopic (exact) mass is 450 g/mol. The Morgan fingerprint density at radius 2 is 1.42 bits per heavy atom. The molecule has 0 spiro atoms. The van der Waals surface area contributed by atoms with Crippen molar-refractivity contribution in [3.63, 3.8) is 0 Å². The van der Waals surface area contributed by atoms with E-state index in [9.17, 15) is 5.11 Å². The quantitative estimate of drug-likeness (QED) is 0.198. The van der Waals surface area contributed by atoms with Crippen LogP contribution < -0.4 is 0 Å². The van der Waals surface area contributed by atoms with E-state index < -0.39 is 24.0 Å². The summed E-state index contributed by atoms with van der Waals surface area (Å²) in [7, 11) is 1.65. The Morgan fingerprint density at radius 3 is 1.75 bits per heavy atom. The van der Waals surface area contributed by atoms with Crippen molar-refractivity contribution in [2.24, 2.45) is 0 Å². The summed E-state index contributed by atoms with van der Waals surface area (Å²) in [6, 6.07) is 0. The average molecular weight is 449 g/mol. The molecule has 0 aromatic rings. The first-order valence-corrected chi connectivity index (χ1v) is 17.4. The van der Waals surface area contributed by atoms with Crippen LogP contribution in [-0.2, 0) is 9.47 Å². The third kappa shape index (κ3) is 9.21. The van der Waals surface area contributed by atoms with Gasteiger partial charge in [-0.1, -0.05) is 0 Å². The molecule has 0 fully saturated rings. The van der Waals surface area contributed by atoms with Gasteiger partial charge in [0.05, 0.1) is 0 Å². The average Bonchev–Trinajstić information content (AvgIpc) is 2.54. The Hall–Kier alpha value is 0.419. The number of hydrogen-bond donors (Lipinski definition) is 1. The summed E-state index contributed by atoms with van der Waals surface area (Å²) in [5, 5.41) is 11.0. The van der Waals surface area contributed by atoms with Crippen molar-refractivity contribution >= 4 is 18.4 Å². The summed E-state index contributed by atoms with van der Waals surface area (Å²) in [5.74, 6) is 0. The van der Waals surface area contributed by atoms with Crippen LogP contribution in [0.4, 0.5) is 0 Å². The molecule has 0 amide bonds. The van der Waals surface area contributed by atoms with Crippen molar-refractivity contribution in [3.8, 4) is 0 Å². The van der Waals surface area contributed by atoms with Gasteiger partial charge in [-0.3, -0.25) is 0 Å². The Kier molecular flexibility index (Phi) is 13.8. The van der Waals surface area contributed by atoms with Gasteiger partial charge in [0.25, 0.3) is 0 Å². The van der Waals surface area contributed by atoms with Crippen LogP contribution in [-0.4, -0.2) is 49.6 Å². The number of methoxy groups -OCH3 is 1. The molecule has 0 unspecified atom stereocenters. The normalized spacial score (nSPS) is 13.5. The van der Waals surface area contributed by atoms with Gasteiger partial charge < -0.3 is 0 Å². The zero-order chi connectivity index (χ0) is 18.5. The molecular weight excluding hydrogens is 407 g/mol. The molecular formula is C20H42O3Sn. The summed E-state index contributed by atoms with van der Waals surface area (Å²) in [4.78, 5) is 0. The van der Waals surface area contributed by atoms with Crippen LogP contribution in [0, 0.1) is 0 Å². The first-order valence-electron chi connectivity index (χ1n) is 9.88. The third-order valence-corrected chi connectivity index (χ3v) is 21.7. The molecule has 0 atom stereocenters. The molecule has 0 aromatic heterocycles. The number of hydrogen-bond acceptors (Lipinski definition) is 3. The van der Waals surface area contributed by atoms with Gasteiger partial charge in [0.2, 0.25) is 0 Å². The van der Waals surface area contributed by atoms with Crippen molar-refractivity contribution < 1.29 is 14.6 Å². The zero-order valence-corrected chi connectivity index (χ0v) is 20.0. The van der Waals surface area contributed by atoms with Crippen LogP contribution >= 0.6 is 0 Å². The molecule has 0 heterocycles. The van der Waals surface area contributed by atoms with E-state index in [1.54, 1.807) is 7.11 Å². The Balaban J connectivity index is 5.62. The van der Waals surface area contributed by atoms with Crippen LogP contribution in [0.5, 0.6) is 0 Å². The fraction of sp³-hybridized carbons (Fsp3) is 0.900. The SMILES string of the molecule is CCC[CH2][Sn]([CH2]CCC)([CH2]CCC)/[C](=C/COCOC)C(C)(C)O. The second-order valence-electron chi connectivity index (χ2n) is 7.55. The molecule has 0 aliphatic rings. The minimum absolute atomic E-state index is 0.317. The third-order valence-electron chi connectivity index (χ3n) is 4.86. The van der Waals surface area contributed by atoms with Gasteiger partial charge in [0.15, 0.2) is 0 Å². The molecule has 3 nitrogen and oxygen atoms in total. The zero-order valence-electron chi connectivity index (χ0n) is 17.1. The topological polar surface area (TPSA) is 38.7 Å². The van der Waals surface area contributed by atoms with Crippen molar-refractivity contribution in [3.05, 3.63) is 9.67 Å². The Bertz CT molecular complexity index is 312. The maximum atomic E-state index is 11.0. The van der Waals surface area contributed by atoms with Gasteiger partial charge in [-0.2, -0.15) is 0 Å². The Labute approximate surface area is 155 Å². The molecule has 0 aromatic carbocycles. The van der Waals surface area contributed by atoms with E-state index in [1.165, 1.54) is 55.4 Å². The molecule has 4 heteroatoms. The predicted molar refractivity (Wildman–Crippen MR) is 107 cm³/mol. The van der Waals surface area contributed by atoms with Crippen LogP contribution in [0.25, 0.3) is 0 Å². The first kappa shape index (κ1) is 24.4. The molecule has 24 heavy (non-hydrogen) atoms. The van der Waals surface area contributed by atoms with E-state index in [-0.39, 0.29) is 0 Å². The minimum atomic E-state index is -2.61. The van der Waals surface area contributed by atoms with E-state index in [0.717, 1.165) is 0 Å². The molecule has 0 rings (SSSR count). The van der Waals surface area contributed by atoms with E-state index >= 15 is 0 Å². The predicted octanol–water partition coefficient (Wildman–Crippen LogP) is 5.69. The van der Waals surface area contributed by atoms with Gasteiger partial charge in [0, 0.05) is 0 Å². The number of unbranched alkanes of at least 4 members (excludes halogenated alkanes) is 3. The summed E-state index contributed by atoms with van der Waals surface area (Å²) < 4.78 is 16.0. The van der Waals surface area contributed by atoms with Crippen LogP contribution in [0.3, 0.4) is 0 Å². The summed E-state index contributed by atoms with van der Waals surface area (Å²) in [6.07, 6.45) is 9.86. The molecule has 0 aliphatic carbocycles. The van der Waals surface area contributed by atoms with Gasteiger partial charge in [0.1, 0.15) is 0 Å². The van der Waals surface area contributed by atoms with Crippen molar-refractivity contribution in [2.75, 3.05) is 20.5 Å². The van der Waals surface area contributed by atoms with Crippen LogP contribution in [0.15, 0.2) is 9.67 Å². The molecule has 0 saturated carbocycles. The van der Waals surface area contributed by atoms with Crippen molar-refractivity contribution in [1.29, 1.82) is 0 Å². The van der Waals surface area contributed by atoms with Gasteiger partial charge in [-0.15, -0.1) is 0 Å². The van der Waals surface area contributed by atoms with E-state index in [0.29, 0.717) is 13.4 Å². The second-order valence-corrected chi connectivity index (χ2v) is 20.7. The number of ether oxygens (including phenoxy) is 2. The molecule has 0 bridgehead atoms. The second kappa shape index (κ2) is 13.6. The van der Waals surface area contributed by atoms with E-state index in [1.807, 2.05) is 13.8 Å². The fourth-order valence-corrected chi connectivity index (χ4v) is 22.2. The van der Waals surface area contributed by atoms with Gasteiger partial charge in [-0.25, -0.2) is 0 Å². The first-order chi connectivity index (χ1) is 11.4. The van der Waals surface area contributed by atoms with E-state index in [2.05, 4.69) is 26.8 Å². The standard InChI is InChI=1S/C8H15O3.3C4H9.Sn/c1-8(2,9)5-4-6-11-7-10-3;3*1-3-4-2;/h4,9H,6-7H2,1-3H3;3*1,3-4H2,2H3;. The molecule has 0 aliphatic heterocycles. The molecule has 0 radical (unpaired) electrons. The summed E-state index contributed by atoms with van der Waals surface area (Å²) in [6.45, 7) is 11.7. The van der Waals surface area contributed by atoms with E-state index in [4.69, 9.17) is 9.47 Å². The Morgan fingerprint density at radius 1 is 0.958 bits per heavy atom. The molecule has 0 saturated heterocycles. The molecule has 1 N–H and O–H groups in total. The van der Waals surface area contributed by atoms with Gasteiger partial charge >= 0.3 is 155 Å². The van der Waals surface area contributed by atoms with Crippen LogP contribution in [0.1, 0.15) is 73.1 Å². The van der Waals surface area contributed by atoms with Crippen molar-refractivity contribution in [2.45, 2.75) is 92.1 Å². The summed E-state index contributed by atoms with van der Waals surface area (Å²) >= 11 is -2.61. The number of rotatable bonds is 15. The van der Waals surface area contributed by atoms with Crippen LogP contribution in [0.2, 0.25) is 13.3 Å². The maximum absolute atomic E-state index is 11.0. The fourth-order valence-electron chi connectivity index (χ4n) is 3.71. The van der Waals surface area contributed by atoms with Crippen molar-refractivity contribution in [1.82, 2.24) is 0 Å². The number of aliphatic hydroxyl groups is 1.